The maximum absolute atomic E-state index is 4.44. The van der Waals surface area contributed by atoms with E-state index in [1.165, 1.54) is 0 Å². The van der Waals surface area contributed by atoms with Gasteiger partial charge in [-0.1, -0.05) is 18.7 Å². The van der Waals surface area contributed by atoms with Crippen molar-refractivity contribution in [3.63, 3.8) is 0 Å². The first-order valence-electron chi connectivity index (χ1n) is 4.82. The van der Waals surface area contributed by atoms with Crippen LogP contribution < -0.4 is 0 Å². The summed E-state index contributed by atoms with van der Waals surface area (Å²) in [4.78, 5) is 8.71. The summed E-state index contributed by atoms with van der Waals surface area (Å²) >= 11 is 0. The van der Waals surface area contributed by atoms with Crippen molar-refractivity contribution in [2.75, 3.05) is 0 Å². The molecule has 0 aliphatic heterocycles. The Morgan fingerprint density at radius 1 is 1.20 bits per heavy atom. The molecular formula is C13H12N2. The van der Waals surface area contributed by atoms with E-state index < -0.39 is 0 Å². The van der Waals surface area contributed by atoms with Gasteiger partial charge in [0.1, 0.15) is 0 Å². The number of rotatable bonds is 2. The fraction of sp³-hybridized carbons (Fsp3) is 0.0769. The van der Waals surface area contributed by atoms with Gasteiger partial charge in [-0.25, -0.2) is 0 Å². The standard InChI is InChI=1S/C13H12N2/c1-3-11-8-10(2)15-13(9-11)12-6-4-5-7-14-12/h3-9H,1H2,2H3. The molecule has 0 fully saturated rings. The number of pyridine rings is 2. The minimum atomic E-state index is 0.893. The lowest BCUT2D eigenvalue weighted by molar-refractivity contribution is 1.17. The van der Waals surface area contributed by atoms with E-state index >= 15 is 0 Å². The van der Waals surface area contributed by atoms with Gasteiger partial charge in [-0.05, 0) is 36.8 Å². The number of aromatic nitrogens is 2. The van der Waals surface area contributed by atoms with Gasteiger partial charge < -0.3 is 0 Å². The van der Waals surface area contributed by atoms with Crippen molar-refractivity contribution in [2.45, 2.75) is 6.92 Å². The molecule has 0 saturated heterocycles. The van der Waals surface area contributed by atoms with Crippen LogP contribution in [0.5, 0.6) is 0 Å². The quantitative estimate of drug-likeness (QED) is 0.737. The predicted molar refractivity (Wildman–Crippen MR) is 62.3 cm³/mol. The highest BCUT2D eigenvalue weighted by molar-refractivity contribution is 5.60. The Balaban J connectivity index is 2.53. The van der Waals surface area contributed by atoms with Crippen molar-refractivity contribution >= 4 is 6.08 Å². The minimum Gasteiger partial charge on any atom is -0.255 e. The molecule has 0 N–H and O–H groups in total. The van der Waals surface area contributed by atoms with Crippen molar-refractivity contribution in [1.82, 2.24) is 9.97 Å². The Labute approximate surface area is 89.3 Å². The molecule has 0 aliphatic carbocycles. The molecule has 2 aromatic rings. The minimum absolute atomic E-state index is 0.893. The molecule has 2 heteroatoms. The maximum Gasteiger partial charge on any atom is 0.0895 e. The molecule has 0 unspecified atom stereocenters. The topological polar surface area (TPSA) is 25.8 Å². The third-order valence-corrected chi connectivity index (χ3v) is 2.14. The Bertz CT molecular complexity index is 475. The van der Waals surface area contributed by atoms with E-state index in [9.17, 15) is 0 Å². The highest BCUT2D eigenvalue weighted by Crippen LogP contribution is 2.16. The fourth-order valence-electron chi connectivity index (χ4n) is 1.46. The molecule has 15 heavy (non-hydrogen) atoms. The molecule has 2 nitrogen and oxygen atoms in total. The second-order valence-electron chi connectivity index (χ2n) is 3.35. The predicted octanol–water partition coefficient (Wildman–Crippen LogP) is 3.10. The van der Waals surface area contributed by atoms with Crippen molar-refractivity contribution in [2.24, 2.45) is 0 Å². The van der Waals surface area contributed by atoms with Crippen molar-refractivity contribution < 1.29 is 0 Å². The molecule has 0 spiro atoms. The van der Waals surface area contributed by atoms with Crippen molar-refractivity contribution in [3.05, 3.63) is 54.4 Å². The molecule has 0 saturated carbocycles. The second kappa shape index (κ2) is 4.05. The first-order chi connectivity index (χ1) is 7.29. The molecule has 0 aliphatic rings. The first kappa shape index (κ1) is 9.59. The highest BCUT2D eigenvalue weighted by atomic mass is 14.8. The largest absolute Gasteiger partial charge is 0.255 e. The number of hydrogen-bond acceptors (Lipinski definition) is 2. The molecule has 0 amide bonds. The molecule has 74 valence electrons. The van der Waals surface area contributed by atoms with Crippen LogP contribution in [0.25, 0.3) is 17.5 Å². The van der Waals surface area contributed by atoms with Gasteiger partial charge >= 0.3 is 0 Å². The van der Waals surface area contributed by atoms with Gasteiger partial charge in [0, 0.05) is 11.9 Å². The van der Waals surface area contributed by atoms with Gasteiger partial charge in [-0.15, -0.1) is 0 Å². The maximum atomic E-state index is 4.44. The number of aryl methyl sites for hydroxylation is 1. The van der Waals surface area contributed by atoms with Crippen molar-refractivity contribution in [1.29, 1.82) is 0 Å². The summed E-state index contributed by atoms with van der Waals surface area (Å²) in [6.07, 6.45) is 3.59. The number of nitrogens with zero attached hydrogens (tertiary/aromatic N) is 2. The van der Waals surface area contributed by atoms with Crippen LogP contribution in [-0.4, -0.2) is 9.97 Å². The summed E-state index contributed by atoms with van der Waals surface area (Å²) in [5.41, 5.74) is 3.84. The summed E-state index contributed by atoms with van der Waals surface area (Å²) < 4.78 is 0. The van der Waals surface area contributed by atoms with Crippen molar-refractivity contribution in [3.8, 4) is 11.4 Å². The Kier molecular flexibility index (Phi) is 2.59. The van der Waals surface area contributed by atoms with E-state index in [0.717, 1.165) is 22.6 Å². The van der Waals surface area contributed by atoms with Crippen LogP contribution in [0.15, 0.2) is 43.1 Å². The molecule has 2 aromatic heterocycles. The number of hydrogen-bond donors (Lipinski definition) is 0. The molecule has 0 atom stereocenters. The van der Waals surface area contributed by atoms with Crippen LogP contribution in [0.1, 0.15) is 11.3 Å². The average Bonchev–Trinajstić information content (AvgIpc) is 2.29. The monoisotopic (exact) mass is 196 g/mol. The zero-order chi connectivity index (χ0) is 10.7. The zero-order valence-corrected chi connectivity index (χ0v) is 8.64. The average molecular weight is 196 g/mol. The third-order valence-electron chi connectivity index (χ3n) is 2.14. The van der Waals surface area contributed by atoms with Gasteiger partial charge in [0.25, 0.3) is 0 Å². The third kappa shape index (κ3) is 2.10. The molecule has 2 heterocycles. The lowest BCUT2D eigenvalue weighted by Gasteiger charge is -2.03. The zero-order valence-electron chi connectivity index (χ0n) is 8.64. The smallest absolute Gasteiger partial charge is 0.0895 e. The lowest BCUT2D eigenvalue weighted by Crippen LogP contribution is -1.90. The lowest BCUT2D eigenvalue weighted by atomic mass is 10.1. The summed E-state index contributed by atoms with van der Waals surface area (Å²) in [5, 5.41) is 0. The summed E-state index contributed by atoms with van der Waals surface area (Å²) in [7, 11) is 0. The first-order valence-corrected chi connectivity index (χ1v) is 4.82. The van der Waals surface area contributed by atoms with E-state index in [4.69, 9.17) is 0 Å². The van der Waals surface area contributed by atoms with Gasteiger partial charge in [-0.3, -0.25) is 9.97 Å². The molecule has 2 rings (SSSR count). The van der Waals surface area contributed by atoms with Gasteiger partial charge in [0.05, 0.1) is 11.4 Å². The van der Waals surface area contributed by atoms with E-state index in [-0.39, 0.29) is 0 Å². The summed E-state index contributed by atoms with van der Waals surface area (Å²) in [5.74, 6) is 0. The van der Waals surface area contributed by atoms with E-state index in [1.54, 1.807) is 6.20 Å². The second-order valence-corrected chi connectivity index (χ2v) is 3.35. The SMILES string of the molecule is C=Cc1cc(C)nc(-c2ccccn2)c1. The Morgan fingerprint density at radius 2 is 2.07 bits per heavy atom. The van der Waals surface area contributed by atoms with Crippen LogP contribution in [-0.2, 0) is 0 Å². The molecule has 0 bridgehead atoms. The normalized spacial score (nSPS) is 9.93. The van der Waals surface area contributed by atoms with Gasteiger partial charge in [0.15, 0.2) is 0 Å². The van der Waals surface area contributed by atoms with Crippen LogP contribution in [0.4, 0.5) is 0 Å². The van der Waals surface area contributed by atoms with E-state index in [0.29, 0.717) is 0 Å². The van der Waals surface area contributed by atoms with Crippen LogP contribution in [0, 0.1) is 6.92 Å². The van der Waals surface area contributed by atoms with Gasteiger partial charge in [0.2, 0.25) is 0 Å². The van der Waals surface area contributed by atoms with Crippen LogP contribution >= 0.6 is 0 Å². The Hall–Kier alpha value is -1.96. The Morgan fingerprint density at radius 3 is 2.73 bits per heavy atom. The van der Waals surface area contributed by atoms with Gasteiger partial charge in [-0.2, -0.15) is 0 Å². The molecule has 0 aromatic carbocycles. The molecular weight excluding hydrogens is 184 g/mol. The van der Waals surface area contributed by atoms with Crippen LogP contribution in [0.2, 0.25) is 0 Å². The van der Waals surface area contributed by atoms with E-state index in [1.807, 2.05) is 43.3 Å². The fourth-order valence-corrected chi connectivity index (χ4v) is 1.46. The van der Waals surface area contributed by atoms with E-state index in [2.05, 4.69) is 16.5 Å². The van der Waals surface area contributed by atoms with Crippen LogP contribution in [0.3, 0.4) is 0 Å². The molecule has 0 radical (unpaired) electrons. The summed E-state index contributed by atoms with van der Waals surface area (Å²) in [6.45, 7) is 5.73. The highest BCUT2D eigenvalue weighted by Gasteiger charge is 2.01. The summed E-state index contributed by atoms with van der Waals surface area (Å²) in [6, 6.07) is 9.80.